The summed E-state index contributed by atoms with van der Waals surface area (Å²) in [5.41, 5.74) is 7.01. The summed E-state index contributed by atoms with van der Waals surface area (Å²) in [5.74, 6) is 0.691. The molecule has 1 aromatic heterocycles. The van der Waals surface area contributed by atoms with Crippen LogP contribution < -0.4 is 10.6 Å². The molecule has 0 unspecified atom stereocenters. The van der Waals surface area contributed by atoms with Crippen molar-refractivity contribution in [3.05, 3.63) is 28.3 Å². The summed E-state index contributed by atoms with van der Waals surface area (Å²) < 4.78 is 0. The number of nitrogens with two attached hydrogens (primary N) is 1. The van der Waals surface area contributed by atoms with E-state index in [1.807, 2.05) is 18.7 Å². The molecule has 1 aromatic carbocycles. The predicted octanol–water partition coefficient (Wildman–Crippen LogP) is 1.64. The predicted molar refractivity (Wildman–Crippen MR) is 74.3 cm³/mol. The lowest BCUT2D eigenvalue weighted by molar-refractivity contribution is -0.384. The van der Waals surface area contributed by atoms with Crippen LogP contribution in [0, 0.1) is 10.1 Å². The van der Waals surface area contributed by atoms with E-state index < -0.39 is 4.92 Å². The number of hydrogen-bond acceptors (Lipinski definition) is 5. The Morgan fingerprint density at radius 2 is 2.26 bits per heavy atom. The van der Waals surface area contributed by atoms with Crippen LogP contribution in [-0.4, -0.2) is 34.0 Å². The van der Waals surface area contributed by atoms with Crippen molar-refractivity contribution in [3.63, 3.8) is 0 Å². The molecular formula is C12H17N5O2. The van der Waals surface area contributed by atoms with Gasteiger partial charge in [-0.15, -0.1) is 0 Å². The van der Waals surface area contributed by atoms with Crippen molar-refractivity contribution in [1.29, 1.82) is 0 Å². The summed E-state index contributed by atoms with van der Waals surface area (Å²) in [6, 6.07) is 4.84. The third-order valence-corrected chi connectivity index (χ3v) is 2.93. The first-order chi connectivity index (χ1) is 9.02. The number of aromatic nitrogens is 2. The maximum absolute atomic E-state index is 10.7. The standard InChI is InChI=1S/C12H17N5O2/c1-8(2)16(6-5-13)12-14-10-4-3-9(17(18)19)7-11(10)15-12/h3-4,7-8H,5-6,13H2,1-2H3,(H,14,15). The van der Waals surface area contributed by atoms with Crippen molar-refractivity contribution in [2.45, 2.75) is 19.9 Å². The Morgan fingerprint density at radius 1 is 1.53 bits per heavy atom. The smallest absolute Gasteiger partial charge is 0.271 e. The van der Waals surface area contributed by atoms with Crippen LogP contribution in [0.1, 0.15) is 13.8 Å². The molecule has 0 aliphatic carbocycles. The number of hydrogen-bond donors (Lipinski definition) is 2. The first-order valence-electron chi connectivity index (χ1n) is 6.13. The Balaban J connectivity index is 2.42. The first-order valence-corrected chi connectivity index (χ1v) is 6.13. The third-order valence-electron chi connectivity index (χ3n) is 2.93. The zero-order valence-corrected chi connectivity index (χ0v) is 11.0. The van der Waals surface area contributed by atoms with E-state index in [9.17, 15) is 10.1 Å². The topological polar surface area (TPSA) is 101 Å². The van der Waals surface area contributed by atoms with Crippen LogP contribution in [0.3, 0.4) is 0 Å². The van der Waals surface area contributed by atoms with E-state index in [0.717, 1.165) is 0 Å². The second kappa shape index (κ2) is 5.23. The van der Waals surface area contributed by atoms with Gasteiger partial charge in [-0.1, -0.05) is 0 Å². The van der Waals surface area contributed by atoms with Gasteiger partial charge < -0.3 is 15.6 Å². The number of H-pyrrole nitrogens is 1. The summed E-state index contributed by atoms with van der Waals surface area (Å²) in [4.78, 5) is 19.9. The number of rotatable bonds is 5. The van der Waals surface area contributed by atoms with Crippen molar-refractivity contribution in [2.75, 3.05) is 18.0 Å². The van der Waals surface area contributed by atoms with Gasteiger partial charge in [0, 0.05) is 31.3 Å². The number of nitro benzene ring substituents is 1. The molecule has 2 rings (SSSR count). The number of nitrogens with zero attached hydrogens (tertiary/aromatic N) is 3. The molecule has 0 bridgehead atoms. The Kier molecular flexibility index (Phi) is 3.66. The molecule has 0 amide bonds. The lowest BCUT2D eigenvalue weighted by Crippen LogP contribution is -2.36. The van der Waals surface area contributed by atoms with Gasteiger partial charge in [0.25, 0.3) is 5.69 Å². The minimum absolute atomic E-state index is 0.0534. The highest BCUT2D eigenvalue weighted by Crippen LogP contribution is 2.22. The van der Waals surface area contributed by atoms with E-state index in [0.29, 0.717) is 30.1 Å². The van der Waals surface area contributed by atoms with Gasteiger partial charge in [0.2, 0.25) is 5.95 Å². The van der Waals surface area contributed by atoms with E-state index in [1.165, 1.54) is 12.1 Å². The van der Waals surface area contributed by atoms with Gasteiger partial charge in [0.15, 0.2) is 0 Å². The van der Waals surface area contributed by atoms with Crippen molar-refractivity contribution >= 4 is 22.7 Å². The maximum atomic E-state index is 10.7. The monoisotopic (exact) mass is 263 g/mol. The van der Waals surface area contributed by atoms with Crippen LogP contribution >= 0.6 is 0 Å². The molecule has 1 heterocycles. The summed E-state index contributed by atoms with van der Waals surface area (Å²) in [6.45, 7) is 5.30. The molecule has 0 radical (unpaired) electrons. The zero-order chi connectivity index (χ0) is 14.0. The Bertz CT molecular complexity index is 593. The third kappa shape index (κ3) is 2.65. The number of aromatic amines is 1. The van der Waals surface area contributed by atoms with E-state index in [1.54, 1.807) is 6.07 Å². The van der Waals surface area contributed by atoms with Crippen molar-refractivity contribution < 1.29 is 4.92 Å². The summed E-state index contributed by atoms with van der Waals surface area (Å²) in [6.07, 6.45) is 0. The fourth-order valence-electron chi connectivity index (χ4n) is 1.98. The lowest BCUT2D eigenvalue weighted by atomic mass is 10.3. The number of benzene rings is 1. The maximum Gasteiger partial charge on any atom is 0.271 e. The second-order valence-corrected chi connectivity index (χ2v) is 4.59. The van der Waals surface area contributed by atoms with Gasteiger partial charge in [-0.05, 0) is 19.9 Å². The summed E-state index contributed by atoms with van der Waals surface area (Å²) in [7, 11) is 0. The largest absolute Gasteiger partial charge is 0.339 e. The highest BCUT2D eigenvalue weighted by Gasteiger charge is 2.15. The molecule has 3 N–H and O–H groups in total. The molecule has 0 saturated carbocycles. The number of nitro groups is 1. The summed E-state index contributed by atoms with van der Waals surface area (Å²) in [5, 5.41) is 10.7. The van der Waals surface area contributed by atoms with Crippen LogP contribution in [-0.2, 0) is 0 Å². The van der Waals surface area contributed by atoms with Crippen molar-refractivity contribution in [3.8, 4) is 0 Å². The Hall–Kier alpha value is -2.15. The quantitative estimate of drug-likeness (QED) is 0.630. The van der Waals surface area contributed by atoms with Crippen LogP contribution in [0.25, 0.3) is 11.0 Å². The van der Waals surface area contributed by atoms with Crippen LogP contribution in [0.2, 0.25) is 0 Å². The number of nitrogens with one attached hydrogen (secondary N) is 1. The molecule has 0 aliphatic rings. The molecule has 19 heavy (non-hydrogen) atoms. The van der Waals surface area contributed by atoms with Crippen LogP contribution in [0.5, 0.6) is 0 Å². The average molecular weight is 263 g/mol. The number of imidazole rings is 1. The first kappa shape index (κ1) is 13.3. The average Bonchev–Trinajstić information content (AvgIpc) is 2.77. The fourth-order valence-corrected chi connectivity index (χ4v) is 1.98. The SMILES string of the molecule is CC(C)N(CCN)c1nc2ccc([N+](=O)[O-])cc2[nH]1. The molecular weight excluding hydrogens is 246 g/mol. The minimum atomic E-state index is -0.417. The minimum Gasteiger partial charge on any atom is -0.339 e. The number of fused-ring (bicyclic) bond motifs is 1. The normalized spacial score (nSPS) is 11.2. The van der Waals surface area contributed by atoms with E-state index in [2.05, 4.69) is 9.97 Å². The van der Waals surface area contributed by atoms with Gasteiger partial charge >= 0.3 is 0 Å². The zero-order valence-electron chi connectivity index (χ0n) is 11.0. The molecule has 0 saturated heterocycles. The number of non-ortho nitro benzene ring substituents is 1. The number of anilines is 1. The van der Waals surface area contributed by atoms with Gasteiger partial charge in [0.1, 0.15) is 0 Å². The molecule has 7 nitrogen and oxygen atoms in total. The molecule has 7 heteroatoms. The van der Waals surface area contributed by atoms with Gasteiger partial charge in [-0.25, -0.2) is 4.98 Å². The van der Waals surface area contributed by atoms with Gasteiger partial charge in [0.05, 0.1) is 16.0 Å². The Labute approximate surface area is 110 Å². The van der Waals surface area contributed by atoms with Crippen LogP contribution in [0.15, 0.2) is 18.2 Å². The van der Waals surface area contributed by atoms with Crippen molar-refractivity contribution in [1.82, 2.24) is 9.97 Å². The highest BCUT2D eigenvalue weighted by atomic mass is 16.6. The van der Waals surface area contributed by atoms with E-state index in [4.69, 9.17) is 5.73 Å². The fraction of sp³-hybridized carbons (Fsp3) is 0.417. The lowest BCUT2D eigenvalue weighted by Gasteiger charge is -2.25. The van der Waals surface area contributed by atoms with Gasteiger partial charge in [-0.3, -0.25) is 10.1 Å². The van der Waals surface area contributed by atoms with Crippen LogP contribution in [0.4, 0.5) is 11.6 Å². The molecule has 0 atom stereocenters. The second-order valence-electron chi connectivity index (χ2n) is 4.59. The molecule has 0 aliphatic heterocycles. The van der Waals surface area contributed by atoms with E-state index in [-0.39, 0.29) is 11.7 Å². The van der Waals surface area contributed by atoms with Gasteiger partial charge in [-0.2, -0.15) is 0 Å². The van der Waals surface area contributed by atoms with Crippen molar-refractivity contribution in [2.24, 2.45) is 5.73 Å². The Morgan fingerprint density at radius 3 is 2.84 bits per heavy atom. The van der Waals surface area contributed by atoms with E-state index >= 15 is 0 Å². The summed E-state index contributed by atoms with van der Waals surface area (Å²) >= 11 is 0. The molecule has 2 aromatic rings. The molecule has 0 fully saturated rings. The molecule has 102 valence electrons. The molecule has 0 spiro atoms. The highest BCUT2D eigenvalue weighted by molar-refractivity contribution is 5.80.